The second-order valence-corrected chi connectivity index (χ2v) is 3.44. The summed E-state index contributed by atoms with van der Waals surface area (Å²) in [6.45, 7) is 6.01. The van der Waals surface area contributed by atoms with Gasteiger partial charge in [0.1, 0.15) is 0 Å². The molecule has 1 aromatic carbocycles. The first-order valence-electron chi connectivity index (χ1n) is 5.57. The molecule has 0 aromatic heterocycles. The smallest absolute Gasteiger partial charge is 0.269 e. The van der Waals surface area contributed by atoms with Gasteiger partial charge in [0.2, 0.25) is 6.41 Å². The minimum atomic E-state index is -0.330. The zero-order valence-electron chi connectivity index (χ0n) is 10.1. The molecule has 2 amide bonds. The van der Waals surface area contributed by atoms with Crippen molar-refractivity contribution in [3.8, 4) is 0 Å². The van der Waals surface area contributed by atoms with E-state index in [1.165, 1.54) is 0 Å². The molecule has 0 radical (unpaired) electrons. The topological polar surface area (TPSA) is 61.4 Å². The molecule has 0 spiro atoms. The molecule has 0 unspecified atom stereocenters. The zero-order valence-corrected chi connectivity index (χ0v) is 10.1. The van der Waals surface area contributed by atoms with E-state index in [1.807, 2.05) is 12.1 Å². The van der Waals surface area contributed by atoms with Crippen LogP contribution in [0.2, 0.25) is 0 Å². The van der Waals surface area contributed by atoms with Crippen molar-refractivity contribution < 1.29 is 9.59 Å². The minimum Gasteiger partial charge on any atom is -0.372 e. The van der Waals surface area contributed by atoms with E-state index in [1.54, 1.807) is 12.1 Å². The lowest BCUT2D eigenvalue weighted by Crippen LogP contribution is -2.36. The SMILES string of the molecule is CCN(CC)c1ccc(C(=O)NNC=O)cc1. The fraction of sp³-hybridized carbons (Fsp3) is 0.333. The van der Waals surface area contributed by atoms with Crippen molar-refractivity contribution in [2.75, 3.05) is 18.0 Å². The Bertz CT molecular complexity index is 372. The van der Waals surface area contributed by atoms with Crippen LogP contribution in [0, 0.1) is 0 Å². The summed E-state index contributed by atoms with van der Waals surface area (Å²) in [4.78, 5) is 23.7. The molecule has 92 valence electrons. The summed E-state index contributed by atoms with van der Waals surface area (Å²) in [5.41, 5.74) is 5.96. The van der Waals surface area contributed by atoms with Gasteiger partial charge in [-0.25, -0.2) is 0 Å². The van der Waals surface area contributed by atoms with Gasteiger partial charge in [-0.1, -0.05) is 0 Å². The third kappa shape index (κ3) is 3.48. The molecule has 2 N–H and O–H groups in total. The monoisotopic (exact) mass is 235 g/mol. The fourth-order valence-corrected chi connectivity index (χ4v) is 1.58. The van der Waals surface area contributed by atoms with E-state index in [0.29, 0.717) is 12.0 Å². The van der Waals surface area contributed by atoms with Gasteiger partial charge in [-0.3, -0.25) is 20.4 Å². The van der Waals surface area contributed by atoms with E-state index in [-0.39, 0.29) is 5.91 Å². The van der Waals surface area contributed by atoms with Crippen LogP contribution in [0.15, 0.2) is 24.3 Å². The molecule has 0 aliphatic heterocycles. The minimum absolute atomic E-state index is 0.330. The highest BCUT2D eigenvalue weighted by molar-refractivity contribution is 5.94. The van der Waals surface area contributed by atoms with E-state index in [4.69, 9.17) is 0 Å². The van der Waals surface area contributed by atoms with Gasteiger partial charge >= 0.3 is 0 Å². The number of nitrogens with one attached hydrogen (secondary N) is 2. The van der Waals surface area contributed by atoms with Crippen molar-refractivity contribution in [2.45, 2.75) is 13.8 Å². The first-order chi connectivity index (χ1) is 8.22. The molecular weight excluding hydrogens is 218 g/mol. The van der Waals surface area contributed by atoms with Crippen LogP contribution in [-0.4, -0.2) is 25.4 Å². The quantitative estimate of drug-likeness (QED) is 0.569. The Morgan fingerprint density at radius 1 is 1.24 bits per heavy atom. The third-order valence-corrected chi connectivity index (χ3v) is 2.50. The Labute approximate surface area is 101 Å². The summed E-state index contributed by atoms with van der Waals surface area (Å²) in [5, 5.41) is 0. The van der Waals surface area contributed by atoms with E-state index in [2.05, 4.69) is 29.6 Å². The molecular formula is C12H17N3O2. The highest BCUT2D eigenvalue weighted by atomic mass is 16.2. The molecule has 0 atom stereocenters. The standard InChI is InChI=1S/C12H17N3O2/c1-3-15(4-2)11-7-5-10(6-8-11)12(17)14-13-9-16/h5-9H,3-4H2,1-2H3,(H,13,16)(H,14,17). The van der Waals surface area contributed by atoms with Crippen molar-refractivity contribution in [3.63, 3.8) is 0 Å². The summed E-state index contributed by atoms with van der Waals surface area (Å²) in [6.07, 6.45) is 0.419. The van der Waals surface area contributed by atoms with Crippen LogP contribution in [0.25, 0.3) is 0 Å². The lowest BCUT2D eigenvalue weighted by Gasteiger charge is -2.20. The van der Waals surface area contributed by atoms with Gasteiger partial charge in [-0.05, 0) is 38.1 Å². The summed E-state index contributed by atoms with van der Waals surface area (Å²) in [6, 6.07) is 7.25. The van der Waals surface area contributed by atoms with Gasteiger partial charge in [0.05, 0.1) is 0 Å². The van der Waals surface area contributed by atoms with Gasteiger partial charge in [-0.15, -0.1) is 0 Å². The molecule has 0 aliphatic carbocycles. The van der Waals surface area contributed by atoms with Crippen molar-refractivity contribution in [1.82, 2.24) is 10.9 Å². The van der Waals surface area contributed by atoms with Crippen LogP contribution in [0.3, 0.4) is 0 Å². The molecule has 0 aliphatic rings. The van der Waals surface area contributed by atoms with E-state index >= 15 is 0 Å². The maximum Gasteiger partial charge on any atom is 0.269 e. The zero-order chi connectivity index (χ0) is 12.7. The third-order valence-electron chi connectivity index (χ3n) is 2.50. The Kier molecular flexibility index (Phi) is 5.00. The van der Waals surface area contributed by atoms with Crippen LogP contribution in [-0.2, 0) is 4.79 Å². The van der Waals surface area contributed by atoms with Gasteiger partial charge in [0.15, 0.2) is 0 Å². The van der Waals surface area contributed by atoms with E-state index in [0.717, 1.165) is 18.8 Å². The number of hydrogen-bond donors (Lipinski definition) is 2. The number of benzene rings is 1. The highest BCUT2D eigenvalue weighted by Gasteiger charge is 2.06. The Morgan fingerprint density at radius 2 is 1.82 bits per heavy atom. The van der Waals surface area contributed by atoms with E-state index < -0.39 is 0 Å². The number of carbonyl (C=O) groups excluding carboxylic acids is 2. The fourth-order valence-electron chi connectivity index (χ4n) is 1.58. The van der Waals surface area contributed by atoms with Gasteiger partial charge < -0.3 is 4.90 Å². The van der Waals surface area contributed by atoms with Gasteiger partial charge in [0.25, 0.3) is 5.91 Å². The lowest BCUT2D eigenvalue weighted by atomic mass is 10.2. The Balaban J connectivity index is 2.73. The normalized spacial score (nSPS) is 9.53. The predicted molar refractivity (Wildman–Crippen MR) is 66.7 cm³/mol. The van der Waals surface area contributed by atoms with Crippen molar-refractivity contribution in [3.05, 3.63) is 29.8 Å². The molecule has 0 bridgehead atoms. The lowest BCUT2D eigenvalue weighted by molar-refractivity contribution is -0.110. The maximum atomic E-state index is 11.5. The van der Waals surface area contributed by atoms with Crippen LogP contribution in [0.4, 0.5) is 5.69 Å². The first kappa shape index (κ1) is 13.0. The summed E-state index contributed by atoms with van der Waals surface area (Å²) >= 11 is 0. The number of carbonyl (C=O) groups is 2. The van der Waals surface area contributed by atoms with Crippen LogP contribution >= 0.6 is 0 Å². The number of nitrogens with zero attached hydrogens (tertiary/aromatic N) is 1. The van der Waals surface area contributed by atoms with Crippen molar-refractivity contribution in [2.24, 2.45) is 0 Å². The molecule has 1 aromatic rings. The molecule has 0 saturated heterocycles. The van der Waals surface area contributed by atoms with Gasteiger partial charge in [-0.2, -0.15) is 0 Å². The van der Waals surface area contributed by atoms with Crippen molar-refractivity contribution >= 4 is 18.0 Å². The Morgan fingerprint density at radius 3 is 2.29 bits per heavy atom. The molecule has 5 nitrogen and oxygen atoms in total. The molecule has 0 saturated carbocycles. The number of rotatable bonds is 6. The second-order valence-electron chi connectivity index (χ2n) is 3.44. The molecule has 0 fully saturated rings. The van der Waals surface area contributed by atoms with Crippen molar-refractivity contribution in [1.29, 1.82) is 0 Å². The summed E-state index contributed by atoms with van der Waals surface area (Å²) < 4.78 is 0. The average Bonchev–Trinajstić information content (AvgIpc) is 2.38. The van der Waals surface area contributed by atoms with Crippen LogP contribution < -0.4 is 15.8 Å². The Hall–Kier alpha value is -2.04. The molecule has 1 rings (SSSR count). The van der Waals surface area contributed by atoms with Crippen LogP contribution in [0.5, 0.6) is 0 Å². The average molecular weight is 235 g/mol. The number of amides is 2. The maximum absolute atomic E-state index is 11.5. The van der Waals surface area contributed by atoms with Crippen LogP contribution in [0.1, 0.15) is 24.2 Å². The number of anilines is 1. The highest BCUT2D eigenvalue weighted by Crippen LogP contribution is 2.14. The number of hydrazine groups is 1. The largest absolute Gasteiger partial charge is 0.372 e. The first-order valence-corrected chi connectivity index (χ1v) is 5.57. The molecule has 17 heavy (non-hydrogen) atoms. The summed E-state index contributed by atoms with van der Waals surface area (Å²) in [5.74, 6) is -0.330. The second kappa shape index (κ2) is 6.52. The van der Waals surface area contributed by atoms with Gasteiger partial charge in [0, 0.05) is 24.3 Å². The molecule has 0 heterocycles. The van der Waals surface area contributed by atoms with E-state index in [9.17, 15) is 9.59 Å². The summed E-state index contributed by atoms with van der Waals surface area (Å²) in [7, 11) is 0. The predicted octanol–water partition coefficient (Wildman–Crippen LogP) is 0.924. The number of hydrogen-bond acceptors (Lipinski definition) is 3. The molecule has 5 heteroatoms.